The molecule has 0 fully saturated rings. The van der Waals surface area contributed by atoms with Crippen LogP contribution in [0, 0.1) is 19.7 Å². The van der Waals surface area contributed by atoms with Crippen molar-refractivity contribution >= 4 is 18.1 Å². The summed E-state index contributed by atoms with van der Waals surface area (Å²) in [7, 11) is 1.75. The van der Waals surface area contributed by atoms with Gasteiger partial charge in [-0.1, -0.05) is 0 Å². The van der Waals surface area contributed by atoms with Gasteiger partial charge in [0.15, 0.2) is 0 Å². The summed E-state index contributed by atoms with van der Waals surface area (Å²) < 4.78 is 13.5. The summed E-state index contributed by atoms with van der Waals surface area (Å²) in [5, 5.41) is 2.91. The van der Waals surface area contributed by atoms with Crippen molar-refractivity contribution in [1.82, 2.24) is 0 Å². The van der Waals surface area contributed by atoms with Crippen molar-refractivity contribution in [2.45, 2.75) is 13.8 Å². The van der Waals surface area contributed by atoms with Crippen LogP contribution in [-0.4, -0.2) is 13.8 Å². The number of rotatable bonds is 2. The minimum atomic E-state index is -0.214. The third kappa shape index (κ3) is 1.54. The first-order valence-electron chi connectivity index (χ1n) is 4.06. The van der Waals surface area contributed by atoms with E-state index in [2.05, 4.69) is 17.0 Å². The second-order valence-corrected chi connectivity index (χ2v) is 2.92. The summed E-state index contributed by atoms with van der Waals surface area (Å²) in [6.07, 6.45) is 0. The van der Waals surface area contributed by atoms with E-state index >= 15 is 0 Å². The molecule has 1 aromatic carbocycles. The molecule has 0 aliphatic rings. The lowest BCUT2D eigenvalue weighted by Gasteiger charge is -2.10. The van der Waals surface area contributed by atoms with Gasteiger partial charge in [0.25, 0.3) is 0 Å². The van der Waals surface area contributed by atoms with Gasteiger partial charge in [-0.2, -0.15) is 0 Å². The molecular weight excluding hydrogens is 167 g/mol. The van der Waals surface area contributed by atoms with Gasteiger partial charge >= 0.3 is 0 Å². The molecule has 0 heterocycles. The maximum absolute atomic E-state index is 13.5. The molecule has 70 valence electrons. The van der Waals surface area contributed by atoms with E-state index in [0.29, 0.717) is 16.8 Å². The first-order chi connectivity index (χ1) is 6.11. The van der Waals surface area contributed by atoms with E-state index < -0.39 is 0 Å². The zero-order chi connectivity index (χ0) is 10.0. The number of hydrogen-bond acceptors (Lipinski definition) is 2. The fraction of sp³-hybridized carbons (Fsp3) is 0.300. The van der Waals surface area contributed by atoms with Crippen LogP contribution in [0.15, 0.2) is 11.1 Å². The lowest BCUT2D eigenvalue weighted by Crippen LogP contribution is -1.96. The maximum atomic E-state index is 13.5. The molecule has 0 saturated carbocycles. The molecule has 0 amide bonds. The average Bonchev–Trinajstić information content (AvgIpc) is 2.15. The van der Waals surface area contributed by atoms with Crippen LogP contribution in [0.2, 0.25) is 0 Å². The van der Waals surface area contributed by atoms with Crippen molar-refractivity contribution in [3.8, 4) is 0 Å². The molecule has 2 nitrogen and oxygen atoms in total. The summed E-state index contributed by atoms with van der Waals surface area (Å²) >= 11 is 0. The van der Waals surface area contributed by atoms with Crippen molar-refractivity contribution in [3.05, 3.63) is 23.0 Å². The Morgan fingerprint density at radius 2 is 2.00 bits per heavy atom. The van der Waals surface area contributed by atoms with E-state index in [0.717, 1.165) is 5.69 Å². The molecule has 13 heavy (non-hydrogen) atoms. The van der Waals surface area contributed by atoms with Gasteiger partial charge in [-0.3, -0.25) is 4.99 Å². The topological polar surface area (TPSA) is 24.4 Å². The number of aliphatic imine (C=N–C) groups is 1. The second kappa shape index (κ2) is 3.56. The monoisotopic (exact) mass is 180 g/mol. The van der Waals surface area contributed by atoms with E-state index in [1.807, 2.05) is 0 Å². The van der Waals surface area contributed by atoms with Gasteiger partial charge in [0.05, 0.1) is 5.69 Å². The van der Waals surface area contributed by atoms with Crippen LogP contribution < -0.4 is 5.32 Å². The van der Waals surface area contributed by atoms with E-state index in [1.165, 1.54) is 0 Å². The molecule has 0 unspecified atom stereocenters. The van der Waals surface area contributed by atoms with Crippen LogP contribution in [0.1, 0.15) is 11.1 Å². The van der Waals surface area contributed by atoms with Crippen molar-refractivity contribution < 1.29 is 4.39 Å². The van der Waals surface area contributed by atoms with E-state index in [4.69, 9.17) is 0 Å². The second-order valence-electron chi connectivity index (χ2n) is 2.92. The smallest absolute Gasteiger partial charge is 0.133 e. The number of hydrogen-bond donors (Lipinski definition) is 1. The number of nitrogens with one attached hydrogen (secondary N) is 1. The molecule has 0 aliphatic heterocycles. The Morgan fingerprint density at radius 1 is 1.38 bits per heavy atom. The van der Waals surface area contributed by atoms with E-state index in [1.54, 1.807) is 27.0 Å². The van der Waals surface area contributed by atoms with Crippen molar-refractivity contribution in [2.24, 2.45) is 4.99 Å². The minimum Gasteiger partial charge on any atom is -0.388 e. The van der Waals surface area contributed by atoms with Crippen LogP contribution >= 0.6 is 0 Å². The summed E-state index contributed by atoms with van der Waals surface area (Å²) in [6.45, 7) is 6.83. The first kappa shape index (κ1) is 9.71. The van der Waals surface area contributed by atoms with Crippen molar-refractivity contribution in [2.75, 3.05) is 12.4 Å². The van der Waals surface area contributed by atoms with Crippen LogP contribution in [0.3, 0.4) is 0 Å². The lowest BCUT2D eigenvalue weighted by atomic mass is 10.1. The SMILES string of the molecule is C=Nc1cc(NC)c(C)c(F)c1C. The predicted octanol–water partition coefficient (Wildman–Crippen LogP) is 2.82. The average molecular weight is 180 g/mol. The minimum absolute atomic E-state index is 0.214. The van der Waals surface area contributed by atoms with E-state index in [9.17, 15) is 4.39 Å². The maximum Gasteiger partial charge on any atom is 0.133 e. The van der Waals surface area contributed by atoms with Crippen molar-refractivity contribution in [3.63, 3.8) is 0 Å². The third-order valence-corrected chi connectivity index (χ3v) is 2.17. The van der Waals surface area contributed by atoms with Crippen molar-refractivity contribution in [1.29, 1.82) is 0 Å². The Balaban J connectivity index is 3.45. The number of anilines is 1. The number of benzene rings is 1. The van der Waals surface area contributed by atoms with Gasteiger partial charge in [-0.15, -0.1) is 0 Å². The van der Waals surface area contributed by atoms with Gasteiger partial charge in [-0.25, -0.2) is 4.39 Å². The molecule has 1 N–H and O–H groups in total. The number of nitrogens with zero attached hydrogens (tertiary/aromatic N) is 1. The summed E-state index contributed by atoms with van der Waals surface area (Å²) in [4.78, 5) is 3.75. The molecule has 0 bridgehead atoms. The molecule has 0 saturated heterocycles. The highest BCUT2D eigenvalue weighted by molar-refractivity contribution is 5.64. The molecule has 0 atom stereocenters. The Hall–Kier alpha value is -1.38. The van der Waals surface area contributed by atoms with Crippen LogP contribution in [-0.2, 0) is 0 Å². The van der Waals surface area contributed by atoms with E-state index in [-0.39, 0.29) is 5.82 Å². The molecule has 0 aliphatic carbocycles. The third-order valence-electron chi connectivity index (χ3n) is 2.17. The fourth-order valence-electron chi connectivity index (χ4n) is 1.29. The Morgan fingerprint density at radius 3 is 2.46 bits per heavy atom. The summed E-state index contributed by atoms with van der Waals surface area (Å²) in [5.41, 5.74) is 2.51. The highest BCUT2D eigenvalue weighted by Gasteiger charge is 2.10. The van der Waals surface area contributed by atoms with Gasteiger partial charge in [0.1, 0.15) is 5.82 Å². The highest BCUT2D eigenvalue weighted by Crippen LogP contribution is 2.29. The predicted molar refractivity (Wildman–Crippen MR) is 54.6 cm³/mol. The molecule has 3 heteroatoms. The van der Waals surface area contributed by atoms with Gasteiger partial charge < -0.3 is 5.32 Å². The largest absolute Gasteiger partial charge is 0.388 e. The molecular formula is C10H13FN2. The molecule has 1 aromatic rings. The van der Waals surface area contributed by atoms with Gasteiger partial charge in [0, 0.05) is 23.9 Å². The standard InChI is InChI=1S/C10H13FN2/c1-6-8(12-3)5-9(13-4)7(2)10(6)11/h5,13H,3H2,1-2,4H3. The normalized spacial score (nSPS) is 9.85. The van der Waals surface area contributed by atoms with Gasteiger partial charge in [0.2, 0.25) is 0 Å². The lowest BCUT2D eigenvalue weighted by molar-refractivity contribution is 0.610. The summed E-state index contributed by atoms with van der Waals surface area (Å²) in [5.74, 6) is -0.214. The molecule has 0 aromatic heterocycles. The Labute approximate surface area is 77.5 Å². The van der Waals surface area contributed by atoms with Crippen LogP contribution in [0.5, 0.6) is 0 Å². The molecule has 0 spiro atoms. The fourth-order valence-corrected chi connectivity index (χ4v) is 1.29. The zero-order valence-electron chi connectivity index (χ0n) is 8.11. The highest BCUT2D eigenvalue weighted by atomic mass is 19.1. The van der Waals surface area contributed by atoms with Crippen LogP contribution in [0.4, 0.5) is 15.8 Å². The molecule has 0 radical (unpaired) electrons. The van der Waals surface area contributed by atoms with Gasteiger partial charge in [-0.05, 0) is 26.6 Å². The Kier molecular flexibility index (Phi) is 2.66. The van der Waals surface area contributed by atoms with Crippen LogP contribution in [0.25, 0.3) is 0 Å². The first-order valence-corrected chi connectivity index (χ1v) is 4.06. The zero-order valence-corrected chi connectivity index (χ0v) is 8.11. The molecule has 1 rings (SSSR count). The summed E-state index contributed by atoms with van der Waals surface area (Å²) in [6, 6.07) is 1.79. The Bertz CT molecular complexity index is 345. The quantitative estimate of drug-likeness (QED) is 0.695. The number of halogens is 1.